The van der Waals surface area contributed by atoms with Crippen LogP contribution < -0.4 is 5.32 Å². The number of rotatable bonds is 5. The standard InChI is InChI=1S/C20H21ClN2O2S/c1-23(2)20(25)17-11-15(7-9-18(17)21)22-19(24)12-26-16-8-6-13-4-3-5-14(13)10-16/h6-11H,3-5,12H2,1-2H3,(H,22,24). The summed E-state index contributed by atoms with van der Waals surface area (Å²) in [5, 5.41) is 3.21. The molecule has 0 unspecified atom stereocenters. The van der Waals surface area contributed by atoms with Gasteiger partial charge in [0.25, 0.3) is 5.91 Å². The number of halogens is 1. The number of hydrogen-bond acceptors (Lipinski definition) is 3. The number of fused-ring (bicyclic) bond motifs is 1. The first kappa shape index (κ1) is 18.8. The van der Waals surface area contributed by atoms with E-state index in [2.05, 4.69) is 23.5 Å². The zero-order chi connectivity index (χ0) is 18.7. The van der Waals surface area contributed by atoms with Crippen LogP contribution in [0.25, 0.3) is 0 Å². The number of thioether (sulfide) groups is 1. The highest BCUT2D eigenvalue weighted by Gasteiger charge is 2.15. The maximum absolute atomic E-state index is 12.3. The molecule has 0 bridgehead atoms. The molecule has 26 heavy (non-hydrogen) atoms. The minimum absolute atomic E-state index is 0.110. The molecule has 2 aromatic carbocycles. The molecule has 0 aromatic heterocycles. The molecule has 136 valence electrons. The van der Waals surface area contributed by atoms with Gasteiger partial charge < -0.3 is 10.2 Å². The summed E-state index contributed by atoms with van der Waals surface area (Å²) in [7, 11) is 3.33. The summed E-state index contributed by atoms with van der Waals surface area (Å²) in [6.45, 7) is 0. The number of anilines is 1. The van der Waals surface area contributed by atoms with E-state index in [1.54, 1.807) is 32.3 Å². The van der Waals surface area contributed by atoms with Gasteiger partial charge in [-0.1, -0.05) is 17.7 Å². The van der Waals surface area contributed by atoms with Crippen LogP contribution in [0, 0.1) is 0 Å². The topological polar surface area (TPSA) is 49.4 Å². The Hall–Kier alpha value is -1.98. The van der Waals surface area contributed by atoms with Crippen molar-refractivity contribution in [3.8, 4) is 0 Å². The second-order valence-electron chi connectivity index (χ2n) is 6.52. The molecule has 0 saturated heterocycles. The van der Waals surface area contributed by atoms with Crippen molar-refractivity contribution >= 4 is 40.9 Å². The lowest BCUT2D eigenvalue weighted by Crippen LogP contribution is -2.22. The number of amides is 2. The van der Waals surface area contributed by atoms with E-state index >= 15 is 0 Å². The molecular formula is C20H21ClN2O2S. The summed E-state index contributed by atoms with van der Waals surface area (Å²) < 4.78 is 0. The average Bonchev–Trinajstić information content (AvgIpc) is 3.08. The lowest BCUT2D eigenvalue weighted by atomic mass is 10.1. The van der Waals surface area contributed by atoms with E-state index in [9.17, 15) is 9.59 Å². The zero-order valence-electron chi connectivity index (χ0n) is 14.8. The van der Waals surface area contributed by atoms with Crippen LogP contribution in [0.3, 0.4) is 0 Å². The molecule has 1 aliphatic carbocycles. The molecule has 4 nitrogen and oxygen atoms in total. The van der Waals surface area contributed by atoms with Crippen LogP contribution in [0.4, 0.5) is 5.69 Å². The predicted molar refractivity (Wildman–Crippen MR) is 107 cm³/mol. The van der Waals surface area contributed by atoms with Crippen LogP contribution in [0.1, 0.15) is 27.9 Å². The van der Waals surface area contributed by atoms with Gasteiger partial charge in [-0.2, -0.15) is 0 Å². The molecule has 0 fully saturated rings. The highest BCUT2D eigenvalue weighted by Crippen LogP contribution is 2.28. The molecule has 1 N–H and O–H groups in total. The van der Waals surface area contributed by atoms with Crippen LogP contribution in [0.2, 0.25) is 5.02 Å². The first-order valence-electron chi connectivity index (χ1n) is 8.49. The van der Waals surface area contributed by atoms with Gasteiger partial charge in [-0.3, -0.25) is 9.59 Å². The fourth-order valence-corrected chi connectivity index (χ4v) is 3.95. The lowest BCUT2D eigenvalue weighted by molar-refractivity contribution is -0.113. The van der Waals surface area contributed by atoms with Gasteiger partial charge >= 0.3 is 0 Å². The number of hydrogen-bond donors (Lipinski definition) is 1. The smallest absolute Gasteiger partial charge is 0.254 e. The highest BCUT2D eigenvalue weighted by atomic mass is 35.5. The average molecular weight is 389 g/mol. The predicted octanol–water partition coefficient (Wildman–Crippen LogP) is 4.26. The quantitative estimate of drug-likeness (QED) is 0.778. The Morgan fingerprint density at radius 1 is 1.12 bits per heavy atom. The van der Waals surface area contributed by atoms with Crippen molar-refractivity contribution < 1.29 is 9.59 Å². The number of nitrogens with zero attached hydrogens (tertiary/aromatic N) is 1. The van der Waals surface area contributed by atoms with Gasteiger partial charge in [0.15, 0.2) is 0 Å². The Kier molecular flexibility index (Phi) is 5.89. The molecule has 3 rings (SSSR count). The van der Waals surface area contributed by atoms with Gasteiger partial charge in [-0.05, 0) is 60.7 Å². The van der Waals surface area contributed by atoms with Gasteiger partial charge in [-0.25, -0.2) is 0 Å². The molecule has 1 aliphatic rings. The number of carbonyl (C=O) groups excluding carboxylic acids is 2. The van der Waals surface area contributed by atoms with Crippen LogP contribution >= 0.6 is 23.4 Å². The molecule has 0 spiro atoms. The van der Waals surface area contributed by atoms with E-state index in [4.69, 9.17) is 11.6 Å². The third kappa shape index (κ3) is 4.40. The first-order valence-corrected chi connectivity index (χ1v) is 9.86. The van der Waals surface area contributed by atoms with Crippen molar-refractivity contribution in [1.82, 2.24) is 4.90 Å². The molecule has 0 atom stereocenters. The SMILES string of the molecule is CN(C)C(=O)c1cc(NC(=O)CSc2ccc3c(c2)CCC3)ccc1Cl. The molecule has 2 aromatic rings. The van der Waals surface area contributed by atoms with Crippen molar-refractivity contribution in [1.29, 1.82) is 0 Å². The fourth-order valence-electron chi connectivity index (χ4n) is 2.99. The van der Waals surface area contributed by atoms with Gasteiger partial charge in [-0.15, -0.1) is 11.8 Å². The summed E-state index contributed by atoms with van der Waals surface area (Å²) in [6, 6.07) is 11.4. The monoisotopic (exact) mass is 388 g/mol. The normalized spacial score (nSPS) is 12.6. The Labute approximate surface area is 162 Å². The van der Waals surface area contributed by atoms with Crippen molar-refractivity contribution in [3.05, 3.63) is 58.1 Å². The van der Waals surface area contributed by atoms with E-state index in [0.29, 0.717) is 22.0 Å². The Bertz CT molecular complexity index is 852. The van der Waals surface area contributed by atoms with Crippen LogP contribution in [0.15, 0.2) is 41.3 Å². The van der Waals surface area contributed by atoms with Gasteiger partial charge in [0, 0.05) is 24.7 Å². The molecule has 0 heterocycles. The van der Waals surface area contributed by atoms with Crippen molar-refractivity contribution in [2.45, 2.75) is 24.2 Å². The van der Waals surface area contributed by atoms with Gasteiger partial charge in [0.05, 0.1) is 16.3 Å². The van der Waals surface area contributed by atoms with Crippen molar-refractivity contribution in [2.75, 3.05) is 25.2 Å². The lowest BCUT2D eigenvalue weighted by Gasteiger charge is -2.13. The van der Waals surface area contributed by atoms with E-state index in [1.807, 2.05) is 0 Å². The number of nitrogens with one attached hydrogen (secondary N) is 1. The van der Waals surface area contributed by atoms with Gasteiger partial charge in [0.2, 0.25) is 5.91 Å². The summed E-state index contributed by atoms with van der Waals surface area (Å²) >= 11 is 7.61. The number of carbonyl (C=O) groups is 2. The van der Waals surface area contributed by atoms with E-state index in [1.165, 1.54) is 34.2 Å². The first-order chi connectivity index (χ1) is 12.4. The van der Waals surface area contributed by atoms with Crippen LogP contribution in [0.5, 0.6) is 0 Å². The second-order valence-corrected chi connectivity index (χ2v) is 7.97. The summed E-state index contributed by atoms with van der Waals surface area (Å²) in [6.07, 6.45) is 3.50. The summed E-state index contributed by atoms with van der Waals surface area (Å²) in [5.41, 5.74) is 3.78. The summed E-state index contributed by atoms with van der Waals surface area (Å²) in [5.74, 6) is 0.0120. The van der Waals surface area contributed by atoms with Crippen molar-refractivity contribution in [3.63, 3.8) is 0 Å². The van der Waals surface area contributed by atoms with E-state index in [-0.39, 0.29) is 11.8 Å². The summed E-state index contributed by atoms with van der Waals surface area (Å²) in [4.78, 5) is 27.0. The third-order valence-corrected chi connectivity index (χ3v) is 5.65. The Morgan fingerprint density at radius 3 is 2.65 bits per heavy atom. The van der Waals surface area contributed by atoms with E-state index in [0.717, 1.165) is 17.7 Å². The molecule has 0 saturated carbocycles. The Balaban J connectivity index is 1.61. The molecule has 0 radical (unpaired) electrons. The van der Waals surface area contributed by atoms with Gasteiger partial charge in [0.1, 0.15) is 0 Å². The number of benzene rings is 2. The van der Waals surface area contributed by atoms with Crippen molar-refractivity contribution in [2.24, 2.45) is 0 Å². The molecule has 6 heteroatoms. The maximum Gasteiger partial charge on any atom is 0.254 e. The van der Waals surface area contributed by atoms with Crippen LogP contribution in [-0.4, -0.2) is 36.6 Å². The minimum Gasteiger partial charge on any atom is -0.345 e. The zero-order valence-corrected chi connectivity index (χ0v) is 16.4. The highest BCUT2D eigenvalue weighted by molar-refractivity contribution is 8.00. The molecular weight excluding hydrogens is 368 g/mol. The molecule has 0 aliphatic heterocycles. The fraction of sp³-hybridized carbons (Fsp3) is 0.300. The molecule has 2 amide bonds. The Morgan fingerprint density at radius 2 is 1.88 bits per heavy atom. The van der Waals surface area contributed by atoms with E-state index < -0.39 is 0 Å². The maximum atomic E-state index is 12.3. The third-order valence-electron chi connectivity index (χ3n) is 4.33. The largest absolute Gasteiger partial charge is 0.345 e. The minimum atomic E-state index is -0.196. The number of aryl methyl sites for hydroxylation is 2. The second kappa shape index (κ2) is 8.14. The van der Waals surface area contributed by atoms with Crippen LogP contribution in [-0.2, 0) is 17.6 Å².